The van der Waals surface area contributed by atoms with Crippen LogP contribution in [0.3, 0.4) is 0 Å². The zero-order valence-corrected chi connectivity index (χ0v) is 13.8. The summed E-state index contributed by atoms with van der Waals surface area (Å²) in [7, 11) is 0. The van der Waals surface area contributed by atoms with Gasteiger partial charge in [-0.2, -0.15) is 0 Å². The van der Waals surface area contributed by atoms with Gasteiger partial charge in [-0.05, 0) is 44.2 Å². The predicted octanol–water partition coefficient (Wildman–Crippen LogP) is 3.10. The maximum Gasteiger partial charge on any atom is 0.228 e. The summed E-state index contributed by atoms with van der Waals surface area (Å²) >= 11 is 0. The molecule has 1 aliphatic heterocycles. The molecule has 5 nitrogen and oxygen atoms in total. The van der Waals surface area contributed by atoms with Gasteiger partial charge in [0, 0.05) is 13.1 Å². The molecule has 1 aromatic heterocycles. The highest BCUT2D eigenvalue weighted by atomic mass is 16.3. The highest BCUT2D eigenvalue weighted by Crippen LogP contribution is 2.31. The molecule has 0 bridgehead atoms. The van der Waals surface area contributed by atoms with Gasteiger partial charge < -0.3 is 15.3 Å². The number of aromatic nitrogens is 1. The van der Waals surface area contributed by atoms with Crippen molar-refractivity contribution in [1.29, 1.82) is 0 Å². The third-order valence-corrected chi connectivity index (χ3v) is 5.01. The van der Waals surface area contributed by atoms with Crippen LogP contribution < -0.4 is 10.2 Å². The molecule has 0 atom stereocenters. The van der Waals surface area contributed by atoms with Crippen LogP contribution in [0.4, 0.5) is 11.5 Å². The van der Waals surface area contributed by atoms with Crippen LogP contribution in [-0.4, -0.2) is 34.7 Å². The van der Waals surface area contributed by atoms with Crippen LogP contribution in [0, 0.1) is 0 Å². The zero-order chi connectivity index (χ0) is 16.1. The van der Waals surface area contributed by atoms with Gasteiger partial charge in [-0.1, -0.05) is 19.3 Å². The fourth-order valence-corrected chi connectivity index (χ4v) is 3.67. The van der Waals surface area contributed by atoms with Gasteiger partial charge in [0.15, 0.2) is 0 Å². The summed E-state index contributed by atoms with van der Waals surface area (Å²) in [6.07, 6.45) is 10.4. The number of piperidine rings is 1. The van der Waals surface area contributed by atoms with E-state index in [1.807, 2.05) is 18.3 Å². The summed E-state index contributed by atoms with van der Waals surface area (Å²) in [5.74, 6) is 0.419. The minimum atomic E-state index is -0.823. The summed E-state index contributed by atoms with van der Waals surface area (Å²) in [6, 6.07) is 3.87. The second-order valence-corrected chi connectivity index (χ2v) is 6.96. The first-order chi connectivity index (χ1) is 11.1. The number of carbonyl (C=O) groups excluding carboxylic acids is 1. The van der Waals surface area contributed by atoms with Crippen molar-refractivity contribution in [3.8, 4) is 0 Å². The van der Waals surface area contributed by atoms with E-state index in [1.165, 1.54) is 19.3 Å². The lowest BCUT2D eigenvalue weighted by Crippen LogP contribution is -2.36. The molecule has 2 aliphatic rings. The number of carbonyl (C=O) groups is 1. The molecule has 1 aromatic rings. The molecule has 1 aliphatic carbocycles. The number of hydrogen-bond acceptors (Lipinski definition) is 4. The third-order valence-electron chi connectivity index (χ3n) is 5.01. The van der Waals surface area contributed by atoms with E-state index in [2.05, 4.69) is 15.2 Å². The molecule has 2 N–H and O–H groups in total. The molecule has 3 rings (SSSR count). The van der Waals surface area contributed by atoms with Crippen LogP contribution in [0.2, 0.25) is 0 Å². The SMILES string of the molecule is O=C(CC1(O)CCCCC1)Nc1ccc(N2CCCCC2)cn1. The minimum Gasteiger partial charge on any atom is -0.389 e. The average molecular weight is 317 g/mol. The van der Waals surface area contributed by atoms with Gasteiger partial charge in [-0.15, -0.1) is 0 Å². The highest BCUT2D eigenvalue weighted by molar-refractivity contribution is 5.90. The van der Waals surface area contributed by atoms with Gasteiger partial charge in [0.1, 0.15) is 5.82 Å². The molecule has 0 spiro atoms. The molecule has 0 aromatic carbocycles. The normalized spacial score (nSPS) is 21.0. The summed E-state index contributed by atoms with van der Waals surface area (Å²) in [6.45, 7) is 2.17. The number of amides is 1. The van der Waals surface area contributed by atoms with Crippen LogP contribution in [0.1, 0.15) is 57.8 Å². The van der Waals surface area contributed by atoms with Crippen molar-refractivity contribution in [1.82, 2.24) is 4.98 Å². The Morgan fingerprint density at radius 3 is 2.48 bits per heavy atom. The first-order valence-corrected chi connectivity index (χ1v) is 8.88. The standard InChI is InChI=1S/C18H27N3O2/c22-17(13-18(23)9-3-1-4-10-18)20-16-8-7-15(14-19-16)21-11-5-2-6-12-21/h7-8,14,23H,1-6,9-13H2,(H,19,20,22). The van der Waals surface area contributed by atoms with Crippen LogP contribution in [0.25, 0.3) is 0 Å². The van der Waals surface area contributed by atoms with Gasteiger partial charge in [-0.3, -0.25) is 4.79 Å². The Balaban J connectivity index is 1.54. The smallest absolute Gasteiger partial charge is 0.228 e. The van der Waals surface area contributed by atoms with Crippen molar-refractivity contribution in [2.24, 2.45) is 0 Å². The van der Waals surface area contributed by atoms with Crippen LogP contribution in [-0.2, 0) is 4.79 Å². The molecular formula is C18H27N3O2. The number of rotatable bonds is 4. The van der Waals surface area contributed by atoms with E-state index >= 15 is 0 Å². The first kappa shape index (κ1) is 16.2. The summed E-state index contributed by atoms with van der Waals surface area (Å²) in [5.41, 5.74) is 0.296. The number of nitrogens with zero attached hydrogens (tertiary/aromatic N) is 2. The van der Waals surface area contributed by atoms with Crippen LogP contribution in [0.15, 0.2) is 18.3 Å². The van der Waals surface area contributed by atoms with E-state index in [4.69, 9.17) is 0 Å². The van der Waals surface area contributed by atoms with E-state index in [1.54, 1.807) is 0 Å². The average Bonchev–Trinajstić information content (AvgIpc) is 2.56. The first-order valence-electron chi connectivity index (χ1n) is 8.88. The lowest BCUT2D eigenvalue weighted by Gasteiger charge is -2.31. The van der Waals surface area contributed by atoms with E-state index in [-0.39, 0.29) is 12.3 Å². The van der Waals surface area contributed by atoms with Crippen molar-refractivity contribution < 1.29 is 9.90 Å². The van der Waals surface area contributed by atoms with Gasteiger partial charge in [-0.25, -0.2) is 4.98 Å². The monoisotopic (exact) mass is 317 g/mol. The molecule has 2 fully saturated rings. The molecule has 0 unspecified atom stereocenters. The number of hydrogen-bond donors (Lipinski definition) is 2. The van der Waals surface area contributed by atoms with E-state index in [0.29, 0.717) is 5.82 Å². The lowest BCUT2D eigenvalue weighted by molar-refractivity contribution is -0.122. The number of anilines is 2. The number of aliphatic hydroxyl groups is 1. The molecular weight excluding hydrogens is 290 g/mol. The summed E-state index contributed by atoms with van der Waals surface area (Å²) in [4.78, 5) is 18.8. The number of pyridine rings is 1. The number of nitrogens with one attached hydrogen (secondary N) is 1. The summed E-state index contributed by atoms with van der Waals surface area (Å²) < 4.78 is 0. The van der Waals surface area contributed by atoms with Gasteiger partial charge in [0.25, 0.3) is 0 Å². The molecule has 1 saturated carbocycles. The Morgan fingerprint density at radius 2 is 1.83 bits per heavy atom. The largest absolute Gasteiger partial charge is 0.389 e. The van der Waals surface area contributed by atoms with Crippen LogP contribution in [0.5, 0.6) is 0 Å². The molecule has 1 saturated heterocycles. The molecule has 2 heterocycles. The van der Waals surface area contributed by atoms with Crippen LogP contribution >= 0.6 is 0 Å². The van der Waals surface area contributed by atoms with E-state index in [0.717, 1.165) is 50.9 Å². The fourth-order valence-electron chi connectivity index (χ4n) is 3.67. The minimum absolute atomic E-state index is 0.146. The maximum atomic E-state index is 12.2. The van der Waals surface area contributed by atoms with Crippen molar-refractivity contribution >= 4 is 17.4 Å². The Kier molecular flexibility index (Phi) is 5.16. The molecule has 23 heavy (non-hydrogen) atoms. The lowest BCUT2D eigenvalue weighted by atomic mass is 9.82. The highest BCUT2D eigenvalue weighted by Gasteiger charge is 2.31. The second kappa shape index (κ2) is 7.30. The van der Waals surface area contributed by atoms with Crippen molar-refractivity contribution in [3.05, 3.63) is 18.3 Å². The van der Waals surface area contributed by atoms with E-state index in [9.17, 15) is 9.90 Å². The molecule has 0 radical (unpaired) electrons. The third kappa shape index (κ3) is 4.44. The Morgan fingerprint density at radius 1 is 1.13 bits per heavy atom. The fraction of sp³-hybridized carbons (Fsp3) is 0.667. The molecule has 126 valence electrons. The Labute approximate surface area is 138 Å². The molecule has 1 amide bonds. The quantitative estimate of drug-likeness (QED) is 0.895. The molecule has 5 heteroatoms. The van der Waals surface area contributed by atoms with Crippen molar-refractivity contribution in [2.45, 2.75) is 63.4 Å². The Hall–Kier alpha value is -1.62. The van der Waals surface area contributed by atoms with Gasteiger partial charge >= 0.3 is 0 Å². The van der Waals surface area contributed by atoms with Crippen molar-refractivity contribution in [3.63, 3.8) is 0 Å². The van der Waals surface area contributed by atoms with E-state index < -0.39 is 5.60 Å². The van der Waals surface area contributed by atoms with Gasteiger partial charge in [0.2, 0.25) is 5.91 Å². The topological polar surface area (TPSA) is 65.5 Å². The van der Waals surface area contributed by atoms with Gasteiger partial charge in [0.05, 0.1) is 23.9 Å². The second-order valence-electron chi connectivity index (χ2n) is 6.96. The maximum absolute atomic E-state index is 12.2. The zero-order valence-electron chi connectivity index (χ0n) is 13.8. The summed E-state index contributed by atoms with van der Waals surface area (Å²) in [5, 5.41) is 13.3. The van der Waals surface area contributed by atoms with Crippen molar-refractivity contribution in [2.75, 3.05) is 23.3 Å². The Bertz CT molecular complexity index is 518. The predicted molar refractivity (Wildman–Crippen MR) is 91.6 cm³/mol.